The summed E-state index contributed by atoms with van der Waals surface area (Å²) < 4.78 is 27.7. The molecule has 112 valence electrons. The molecule has 3 heterocycles. The van der Waals surface area contributed by atoms with E-state index in [9.17, 15) is 9.90 Å². The molecule has 3 aliphatic heterocycles. The van der Waals surface area contributed by atoms with E-state index in [0.717, 1.165) is 0 Å². The van der Waals surface area contributed by atoms with Crippen molar-refractivity contribution < 1.29 is 33.6 Å². The van der Waals surface area contributed by atoms with Gasteiger partial charge in [0.25, 0.3) is 0 Å². The van der Waals surface area contributed by atoms with Gasteiger partial charge in [-0.15, -0.1) is 0 Å². The molecule has 3 aliphatic rings. The summed E-state index contributed by atoms with van der Waals surface area (Å²) in [7, 11) is 1.51. The second kappa shape index (κ2) is 4.87. The predicted octanol–water partition coefficient (Wildman–Crippen LogP) is -0.280. The smallest absolute Gasteiger partial charge is 0.190 e. The van der Waals surface area contributed by atoms with E-state index >= 15 is 0 Å². The standard InChI is InChI=1S/C13H18O7/c1-13(2)19-11-9(16-3)10(18-12(11)20-13)8-6(14)4-5-7(15)17-8/h4-5,7-12,15H,1-3H3/t7?,8-,9+,10-,11-,12-/m1/s1. The van der Waals surface area contributed by atoms with E-state index in [-0.39, 0.29) is 5.78 Å². The van der Waals surface area contributed by atoms with Gasteiger partial charge >= 0.3 is 0 Å². The van der Waals surface area contributed by atoms with Gasteiger partial charge in [0.1, 0.15) is 18.3 Å². The number of hydrogen-bond donors (Lipinski definition) is 1. The summed E-state index contributed by atoms with van der Waals surface area (Å²) in [4.78, 5) is 11.9. The van der Waals surface area contributed by atoms with E-state index in [0.29, 0.717) is 0 Å². The lowest BCUT2D eigenvalue weighted by Crippen LogP contribution is -2.48. The van der Waals surface area contributed by atoms with Crippen LogP contribution in [0, 0.1) is 0 Å². The monoisotopic (exact) mass is 286 g/mol. The van der Waals surface area contributed by atoms with Crippen LogP contribution in [-0.4, -0.2) is 60.8 Å². The summed E-state index contributed by atoms with van der Waals surface area (Å²) in [5.74, 6) is -1.03. The number of methoxy groups -OCH3 is 1. The van der Waals surface area contributed by atoms with E-state index in [1.807, 2.05) is 0 Å². The quantitative estimate of drug-likeness (QED) is 0.747. The highest BCUT2D eigenvalue weighted by Crippen LogP contribution is 2.40. The van der Waals surface area contributed by atoms with Gasteiger partial charge < -0.3 is 28.8 Å². The van der Waals surface area contributed by atoms with Crippen molar-refractivity contribution in [2.24, 2.45) is 0 Å². The minimum atomic E-state index is -1.13. The van der Waals surface area contributed by atoms with Crippen molar-refractivity contribution in [1.82, 2.24) is 0 Å². The second-order valence-electron chi connectivity index (χ2n) is 5.48. The number of ketones is 1. The highest BCUT2D eigenvalue weighted by atomic mass is 16.8. The van der Waals surface area contributed by atoms with Crippen LogP contribution >= 0.6 is 0 Å². The maximum atomic E-state index is 11.9. The molecule has 7 nitrogen and oxygen atoms in total. The molecule has 0 spiro atoms. The Labute approximate surface area is 116 Å². The number of carbonyl (C=O) groups is 1. The van der Waals surface area contributed by atoms with Gasteiger partial charge in [0.05, 0.1) is 0 Å². The van der Waals surface area contributed by atoms with Crippen molar-refractivity contribution in [3.05, 3.63) is 12.2 Å². The summed E-state index contributed by atoms with van der Waals surface area (Å²) in [6, 6.07) is 0. The van der Waals surface area contributed by atoms with Gasteiger partial charge in [0.2, 0.25) is 0 Å². The minimum absolute atomic E-state index is 0.276. The zero-order valence-corrected chi connectivity index (χ0v) is 11.5. The summed E-state index contributed by atoms with van der Waals surface area (Å²) in [5.41, 5.74) is 0. The average molecular weight is 286 g/mol. The molecule has 2 saturated heterocycles. The van der Waals surface area contributed by atoms with Crippen LogP contribution in [0.1, 0.15) is 13.8 Å². The fraction of sp³-hybridized carbons (Fsp3) is 0.769. The first-order chi connectivity index (χ1) is 9.41. The van der Waals surface area contributed by atoms with Crippen molar-refractivity contribution in [2.45, 2.75) is 56.6 Å². The Kier molecular flexibility index (Phi) is 3.44. The van der Waals surface area contributed by atoms with Gasteiger partial charge in [-0.05, 0) is 26.0 Å². The Morgan fingerprint density at radius 3 is 2.70 bits per heavy atom. The third kappa shape index (κ3) is 2.30. The van der Waals surface area contributed by atoms with Gasteiger partial charge in [0, 0.05) is 7.11 Å². The average Bonchev–Trinajstić information content (AvgIpc) is 2.83. The molecule has 2 fully saturated rings. The highest BCUT2D eigenvalue weighted by molar-refractivity contribution is 5.94. The van der Waals surface area contributed by atoms with Gasteiger partial charge in [0.15, 0.2) is 30.3 Å². The van der Waals surface area contributed by atoms with Crippen LogP contribution in [0.2, 0.25) is 0 Å². The molecule has 3 rings (SSSR count). The maximum absolute atomic E-state index is 11.9. The number of hydrogen-bond acceptors (Lipinski definition) is 7. The molecule has 0 saturated carbocycles. The van der Waals surface area contributed by atoms with E-state index in [4.69, 9.17) is 23.7 Å². The molecule has 0 aromatic heterocycles. The van der Waals surface area contributed by atoms with Crippen LogP contribution in [0.25, 0.3) is 0 Å². The lowest BCUT2D eigenvalue weighted by Gasteiger charge is -2.31. The number of rotatable bonds is 2. The summed E-state index contributed by atoms with van der Waals surface area (Å²) >= 11 is 0. The first-order valence-corrected chi connectivity index (χ1v) is 6.51. The number of fused-ring (bicyclic) bond motifs is 1. The molecule has 6 atom stereocenters. The van der Waals surface area contributed by atoms with Crippen molar-refractivity contribution in [2.75, 3.05) is 7.11 Å². The van der Waals surface area contributed by atoms with Crippen molar-refractivity contribution >= 4 is 5.78 Å². The summed E-state index contributed by atoms with van der Waals surface area (Å²) in [6.07, 6.45) is -1.72. The Bertz CT molecular complexity index is 432. The third-order valence-corrected chi connectivity index (χ3v) is 3.59. The van der Waals surface area contributed by atoms with Crippen LogP contribution in [0.5, 0.6) is 0 Å². The molecule has 0 aliphatic carbocycles. The molecule has 20 heavy (non-hydrogen) atoms. The Morgan fingerprint density at radius 1 is 1.25 bits per heavy atom. The lowest BCUT2D eigenvalue weighted by atomic mass is 10.0. The molecule has 0 aromatic carbocycles. The fourth-order valence-corrected chi connectivity index (χ4v) is 2.79. The molecule has 0 aromatic rings. The first kappa shape index (κ1) is 14.1. The van der Waals surface area contributed by atoms with Crippen LogP contribution < -0.4 is 0 Å². The van der Waals surface area contributed by atoms with Crippen LogP contribution in [0.4, 0.5) is 0 Å². The first-order valence-electron chi connectivity index (χ1n) is 6.51. The minimum Gasteiger partial charge on any atom is -0.376 e. The molecule has 7 heteroatoms. The zero-order chi connectivity index (χ0) is 14.5. The van der Waals surface area contributed by atoms with Crippen LogP contribution in [0.3, 0.4) is 0 Å². The SMILES string of the molecule is CO[C@@H]1[C@H]2OC(C)(C)O[C@H]2O[C@@H]1[C@@H]1OC(O)C=CC1=O. The van der Waals surface area contributed by atoms with E-state index < -0.39 is 42.8 Å². The Morgan fingerprint density at radius 2 is 2.00 bits per heavy atom. The van der Waals surface area contributed by atoms with E-state index in [2.05, 4.69) is 0 Å². The molecule has 0 radical (unpaired) electrons. The zero-order valence-electron chi connectivity index (χ0n) is 11.5. The van der Waals surface area contributed by atoms with Crippen molar-refractivity contribution in [3.63, 3.8) is 0 Å². The third-order valence-electron chi connectivity index (χ3n) is 3.59. The molecular weight excluding hydrogens is 268 g/mol. The largest absolute Gasteiger partial charge is 0.376 e. The van der Waals surface area contributed by atoms with E-state index in [1.165, 1.54) is 19.3 Å². The Balaban J connectivity index is 1.79. The van der Waals surface area contributed by atoms with E-state index in [1.54, 1.807) is 13.8 Å². The van der Waals surface area contributed by atoms with Crippen LogP contribution in [-0.2, 0) is 28.5 Å². The number of aliphatic hydroxyl groups is 1. The normalized spacial score (nSPS) is 46.7. The lowest BCUT2D eigenvalue weighted by molar-refractivity contribution is -0.238. The fourth-order valence-electron chi connectivity index (χ4n) is 2.79. The van der Waals surface area contributed by atoms with Crippen molar-refractivity contribution in [1.29, 1.82) is 0 Å². The Hall–Kier alpha value is -0.830. The molecule has 0 bridgehead atoms. The summed E-state index contributed by atoms with van der Waals surface area (Å²) in [5, 5.41) is 9.48. The number of carbonyl (C=O) groups excluding carboxylic acids is 1. The second-order valence-corrected chi connectivity index (χ2v) is 5.48. The maximum Gasteiger partial charge on any atom is 0.190 e. The molecular formula is C13H18O7. The molecule has 1 N–H and O–H groups in total. The van der Waals surface area contributed by atoms with Gasteiger partial charge in [-0.2, -0.15) is 0 Å². The predicted molar refractivity (Wildman–Crippen MR) is 64.5 cm³/mol. The number of aliphatic hydroxyl groups excluding tert-OH is 1. The van der Waals surface area contributed by atoms with Gasteiger partial charge in [-0.25, -0.2) is 0 Å². The summed E-state index contributed by atoms with van der Waals surface area (Å²) in [6.45, 7) is 3.57. The van der Waals surface area contributed by atoms with Crippen molar-refractivity contribution in [3.8, 4) is 0 Å². The molecule has 0 amide bonds. The van der Waals surface area contributed by atoms with Crippen LogP contribution in [0.15, 0.2) is 12.2 Å². The molecule has 1 unspecified atom stereocenters. The van der Waals surface area contributed by atoms with Gasteiger partial charge in [-0.1, -0.05) is 0 Å². The number of ether oxygens (including phenoxy) is 5. The van der Waals surface area contributed by atoms with Gasteiger partial charge in [-0.3, -0.25) is 4.79 Å². The highest BCUT2D eigenvalue weighted by Gasteiger charge is 2.58. The topological polar surface area (TPSA) is 83.5 Å².